The number of H-pyrrole nitrogens is 2. The largest absolute Gasteiger partial charge is 0.370 e. The number of benzene rings is 2. The van der Waals surface area contributed by atoms with Crippen molar-refractivity contribution in [1.29, 1.82) is 0 Å². The van der Waals surface area contributed by atoms with Gasteiger partial charge in [0.1, 0.15) is 0 Å². The number of aromatic amines is 2. The van der Waals surface area contributed by atoms with Crippen LogP contribution in [0.5, 0.6) is 0 Å². The first-order valence-electron chi connectivity index (χ1n) is 11.9. The number of aromatic nitrogens is 4. The summed E-state index contributed by atoms with van der Waals surface area (Å²) in [6, 6.07) is 15.6. The van der Waals surface area contributed by atoms with Crippen LogP contribution in [0.1, 0.15) is 18.4 Å². The van der Waals surface area contributed by atoms with Gasteiger partial charge in [-0.05, 0) is 49.2 Å². The van der Waals surface area contributed by atoms with Crippen LogP contribution in [-0.4, -0.2) is 57.0 Å². The molecule has 0 saturated heterocycles. The lowest BCUT2D eigenvalue weighted by molar-refractivity contribution is 0.262. The molecule has 0 aliphatic heterocycles. The first kappa shape index (κ1) is 24.9. The number of hydrogen-bond donors (Lipinski definition) is 6. The number of nitrogens with two attached hydrogens (primary N) is 3. The van der Waals surface area contributed by atoms with Crippen molar-refractivity contribution in [3.8, 4) is 11.1 Å². The fourth-order valence-electron chi connectivity index (χ4n) is 3.92. The Balaban J connectivity index is 1.40. The Morgan fingerprint density at radius 2 is 1.78 bits per heavy atom. The first-order valence-corrected chi connectivity index (χ1v) is 11.9. The molecule has 4 aromatic rings. The molecule has 0 radical (unpaired) electrons. The third-order valence-corrected chi connectivity index (χ3v) is 5.70. The summed E-state index contributed by atoms with van der Waals surface area (Å²) < 4.78 is 0. The summed E-state index contributed by atoms with van der Waals surface area (Å²) in [6.07, 6.45) is 3.34. The Hall–Kier alpha value is -4.22. The Bertz CT molecular complexity index is 1320. The number of nitrogens with one attached hydrogen (secondary N) is 3. The second-order valence-electron chi connectivity index (χ2n) is 8.48. The summed E-state index contributed by atoms with van der Waals surface area (Å²) in [7, 11) is 0. The van der Waals surface area contributed by atoms with Gasteiger partial charge in [-0.15, -0.1) is 0 Å². The van der Waals surface area contributed by atoms with Gasteiger partial charge in [-0.1, -0.05) is 36.4 Å². The minimum Gasteiger partial charge on any atom is -0.370 e. The summed E-state index contributed by atoms with van der Waals surface area (Å²) in [5.41, 5.74) is 20.4. The van der Waals surface area contributed by atoms with Gasteiger partial charge in [0.05, 0.1) is 16.6 Å². The van der Waals surface area contributed by atoms with Crippen molar-refractivity contribution in [2.45, 2.75) is 19.4 Å². The predicted molar refractivity (Wildman–Crippen MR) is 144 cm³/mol. The summed E-state index contributed by atoms with van der Waals surface area (Å²) in [5.74, 6) is 0.937. The highest BCUT2D eigenvalue weighted by molar-refractivity contribution is 5.78. The smallest absolute Gasteiger partial charge is 0.260 e. The van der Waals surface area contributed by atoms with E-state index in [2.05, 4.69) is 35.1 Å². The molecule has 0 bridgehead atoms. The Kier molecular flexibility index (Phi) is 8.27. The SMILES string of the molecule is NCCCN(CCCN=C(N)N)Cc1ccc(-c2cnc(Nc3nc4ccccc4[nH]3)[nH]c2=O)cc1. The van der Waals surface area contributed by atoms with Gasteiger partial charge in [0.2, 0.25) is 11.9 Å². The van der Waals surface area contributed by atoms with Crippen LogP contribution in [0.4, 0.5) is 11.9 Å². The minimum absolute atomic E-state index is 0.113. The maximum atomic E-state index is 12.8. The van der Waals surface area contributed by atoms with E-state index in [1.807, 2.05) is 48.5 Å². The molecule has 0 saturated carbocycles. The molecule has 36 heavy (non-hydrogen) atoms. The molecule has 0 atom stereocenters. The second kappa shape index (κ2) is 12.0. The Labute approximate surface area is 208 Å². The molecular weight excluding hydrogens is 456 g/mol. The summed E-state index contributed by atoms with van der Waals surface area (Å²) in [5, 5.41) is 3.02. The van der Waals surface area contributed by atoms with Crippen LogP contribution in [0.2, 0.25) is 0 Å². The van der Waals surface area contributed by atoms with Crippen molar-refractivity contribution in [2.24, 2.45) is 22.2 Å². The van der Waals surface area contributed by atoms with Crippen molar-refractivity contribution >= 4 is 28.9 Å². The lowest BCUT2D eigenvalue weighted by atomic mass is 10.1. The third kappa shape index (κ3) is 6.68. The molecular formula is C25H32N10O. The highest BCUT2D eigenvalue weighted by Crippen LogP contribution is 2.19. The highest BCUT2D eigenvalue weighted by atomic mass is 16.1. The van der Waals surface area contributed by atoms with E-state index < -0.39 is 0 Å². The zero-order valence-electron chi connectivity index (χ0n) is 20.1. The molecule has 2 aromatic heterocycles. The van der Waals surface area contributed by atoms with E-state index in [0.717, 1.165) is 54.6 Å². The van der Waals surface area contributed by atoms with Gasteiger partial charge in [0.25, 0.3) is 5.56 Å². The van der Waals surface area contributed by atoms with Crippen LogP contribution >= 0.6 is 0 Å². The standard InChI is InChI=1S/C25H32N10O/c26-11-3-13-35(14-4-12-29-23(27)28)16-17-7-9-18(10-8-17)19-15-30-24(33-22(19)36)34-25-31-20-5-1-2-6-21(20)32-25/h1-2,5-10,15H,3-4,11-14,16,26H2,(H4,27,28,29)(H3,30,31,32,33,34,36). The van der Waals surface area contributed by atoms with E-state index in [4.69, 9.17) is 17.2 Å². The van der Waals surface area contributed by atoms with Crippen molar-refractivity contribution in [3.05, 3.63) is 70.6 Å². The maximum Gasteiger partial charge on any atom is 0.260 e. The van der Waals surface area contributed by atoms with Crippen molar-refractivity contribution in [1.82, 2.24) is 24.8 Å². The zero-order valence-corrected chi connectivity index (χ0v) is 20.1. The Morgan fingerprint density at radius 3 is 2.50 bits per heavy atom. The van der Waals surface area contributed by atoms with Crippen LogP contribution in [0, 0.1) is 0 Å². The molecule has 0 fully saturated rings. The number of imidazole rings is 1. The quantitative estimate of drug-likeness (QED) is 0.0993. The van der Waals surface area contributed by atoms with E-state index in [9.17, 15) is 4.79 Å². The van der Waals surface area contributed by atoms with Gasteiger partial charge in [-0.2, -0.15) is 0 Å². The van der Waals surface area contributed by atoms with Crippen molar-refractivity contribution in [3.63, 3.8) is 0 Å². The number of fused-ring (bicyclic) bond motifs is 1. The number of guanidine groups is 1. The predicted octanol–water partition coefficient (Wildman–Crippen LogP) is 1.87. The zero-order chi connectivity index (χ0) is 25.3. The molecule has 4 rings (SSSR count). The summed E-state index contributed by atoms with van der Waals surface area (Å²) >= 11 is 0. The lowest BCUT2D eigenvalue weighted by Crippen LogP contribution is -2.28. The normalized spacial score (nSPS) is 11.2. The van der Waals surface area contributed by atoms with E-state index in [1.165, 1.54) is 0 Å². The lowest BCUT2D eigenvalue weighted by Gasteiger charge is -2.22. The molecule has 2 heterocycles. The topological polar surface area (TPSA) is 180 Å². The van der Waals surface area contributed by atoms with Crippen LogP contribution in [0.15, 0.2) is 64.5 Å². The molecule has 0 aliphatic carbocycles. The van der Waals surface area contributed by atoms with E-state index in [0.29, 0.717) is 30.5 Å². The third-order valence-electron chi connectivity index (χ3n) is 5.70. The maximum absolute atomic E-state index is 12.8. The number of nitrogens with zero attached hydrogens (tertiary/aromatic N) is 4. The monoisotopic (exact) mass is 488 g/mol. The molecule has 0 aliphatic rings. The molecule has 0 unspecified atom stereocenters. The van der Waals surface area contributed by atoms with E-state index in [1.54, 1.807) is 6.20 Å². The van der Waals surface area contributed by atoms with Gasteiger partial charge >= 0.3 is 0 Å². The average Bonchev–Trinajstić information content (AvgIpc) is 3.28. The molecule has 11 nitrogen and oxygen atoms in total. The fourth-order valence-corrected chi connectivity index (χ4v) is 3.92. The van der Waals surface area contributed by atoms with Crippen LogP contribution in [-0.2, 0) is 6.54 Å². The highest BCUT2D eigenvalue weighted by Gasteiger charge is 2.10. The second-order valence-corrected chi connectivity index (χ2v) is 8.48. The number of para-hydroxylation sites is 2. The van der Waals surface area contributed by atoms with Gasteiger partial charge in [0.15, 0.2) is 5.96 Å². The summed E-state index contributed by atoms with van der Waals surface area (Å²) in [4.78, 5) is 33.9. The van der Waals surface area contributed by atoms with Gasteiger partial charge in [-0.3, -0.25) is 25.0 Å². The number of aliphatic imine (C=N–C) groups is 1. The number of hydrogen-bond acceptors (Lipinski definition) is 7. The summed E-state index contributed by atoms with van der Waals surface area (Å²) in [6.45, 7) is 3.76. The van der Waals surface area contributed by atoms with E-state index in [-0.39, 0.29) is 11.5 Å². The molecule has 9 N–H and O–H groups in total. The molecule has 0 amide bonds. The van der Waals surface area contributed by atoms with Crippen molar-refractivity contribution in [2.75, 3.05) is 31.5 Å². The molecule has 2 aromatic carbocycles. The molecule has 188 valence electrons. The molecule has 0 spiro atoms. The average molecular weight is 489 g/mol. The van der Waals surface area contributed by atoms with Crippen LogP contribution < -0.4 is 28.1 Å². The van der Waals surface area contributed by atoms with Gasteiger partial charge < -0.3 is 22.2 Å². The van der Waals surface area contributed by atoms with Gasteiger partial charge in [-0.25, -0.2) is 9.97 Å². The number of anilines is 2. The van der Waals surface area contributed by atoms with Crippen LogP contribution in [0.25, 0.3) is 22.2 Å². The van der Waals surface area contributed by atoms with Gasteiger partial charge in [0, 0.05) is 25.8 Å². The fraction of sp³-hybridized carbons (Fsp3) is 0.280. The minimum atomic E-state index is -0.235. The Morgan fingerprint density at radius 1 is 1.00 bits per heavy atom. The van der Waals surface area contributed by atoms with Crippen molar-refractivity contribution < 1.29 is 0 Å². The number of rotatable bonds is 12. The van der Waals surface area contributed by atoms with Crippen LogP contribution in [0.3, 0.4) is 0 Å². The first-order chi connectivity index (χ1) is 17.5. The molecule has 11 heteroatoms. The van der Waals surface area contributed by atoms with E-state index >= 15 is 0 Å².